The Morgan fingerprint density at radius 1 is 0.260 bits per heavy atom. The monoisotopic (exact) mass is 636 g/mol. The predicted octanol–water partition coefficient (Wildman–Crippen LogP) is 12.8. The fourth-order valence-electron chi connectivity index (χ4n) is 6.89. The van der Waals surface area contributed by atoms with Crippen molar-refractivity contribution in [3.8, 4) is 67.2 Å². The van der Waals surface area contributed by atoms with E-state index in [9.17, 15) is 0 Å². The smallest absolute Gasteiger partial charge is 0.160 e. The van der Waals surface area contributed by atoms with Gasteiger partial charge in [0.2, 0.25) is 0 Å². The Labute approximate surface area is 292 Å². The van der Waals surface area contributed by atoms with Crippen molar-refractivity contribution in [1.29, 1.82) is 0 Å². The van der Waals surface area contributed by atoms with E-state index in [1.807, 2.05) is 6.07 Å². The first kappa shape index (κ1) is 29.5. The molecule has 2 nitrogen and oxygen atoms in total. The van der Waals surface area contributed by atoms with Gasteiger partial charge in [0.25, 0.3) is 0 Å². The molecule has 0 spiro atoms. The van der Waals surface area contributed by atoms with Crippen molar-refractivity contribution in [3.05, 3.63) is 194 Å². The average molecular weight is 637 g/mol. The van der Waals surface area contributed by atoms with Gasteiger partial charge < -0.3 is 0 Å². The van der Waals surface area contributed by atoms with Gasteiger partial charge in [0.1, 0.15) is 0 Å². The summed E-state index contributed by atoms with van der Waals surface area (Å²) in [4.78, 5) is 10.5. The van der Waals surface area contributed by atoms with Crippen LogP contribution in [0.4, 0.5) is 0 Å². The maximum absolute atomic E-state index is 5.26. The lowest BCUT2D eigenvalue weighted by Crippen LogP contribution is -1.96. The van der Waals surface area contributed by atoms with E-state index < -0.39 is 0 Å². The molecular formula is C48H32N2. The maximum Gasteiger partial charge on any atom is 0.160 e. The molecule has 0 radical (unpaired) electrons. The molecule has 0 unspecified atom stereocenters. The standard InChI is InChI=1S/C48H32N2/c1-3-12-33(13-4-1)38-17-9-20-41(30-38)42-21-10-18-39(31-42)35-24-26-37(27-25-35)46-45-29-28-36-16-7-8-23-44(36)47(45)50-48(49-46)43-22-11-19-40(32-43)34-14-5-2-6-15-34/h1-32H. The lowest BCUT2D eigenvalue weighted by molar-refractivity contribution is 1.23. The predicted molar refractivity (Wildman–Crippen MR) is 210 cm³/mol. The third-order valence-corrected chi connectivity index (χ3v) is 9.48. The third kappa shape index (κ3) is 5.63. The van der Waals surface area contributed by atoms with Crippen molar-refractivity contribution in [2.75, 3.05) is 0 Å². The molecule has 0 fully saturated rings. The molecule has 234 valence electrons. The molecule has 8 aromatic carbocycles. The molecule has 0 N–H and O–H groups in total. The third-order valence-electron chi connectivity index (χ3n) is 9.48. The minimum atomic E-state index is 0.719. The Hall–Kier alpha value is -6.64. The van der Waals surface area contributed by atoms with Gasteiger partial charge in [-0.15, -0.1) is 0 Å². The van der Waals surface area contributed by atoms with Crippen LogP contribution in [0.15, 0.2) is 194 Å². The van der Waals surface area contributed by atoms with Gasteiger partial charge in [-0.3, -0.25) is 0 Å². The molecule has 0 aliphatic heterocycles. The normalized spacial score (nSPS) is 11.2. The van der Waals surface area contributed by atoms with E-state index in [1.165, 1.54) is 33.4 Å². The first-order valence-corrected chi connectivity index (χ1v) is 17.0. The van der Waals surface area contributed by atoms with Crippen molar-refractivity contribution in [2.45, 2.75) is 0 Å². The number of nitrogens with zero attached hydrogens (tertiary/aromatic N) is 2. The van der Waals surface area contributed by atoms with Crippen LogP contribution < -0.4 is 0 Å². The van der Waals surface area contributed by atoms with E-state index in [4.69, 9.17) is 9.97 Å². The van der Waals surface area contributed by atoms with Crippen LogP contribution in [0.3, 0.4) is 0 Å². The summed E-state index contributed by atoms with van der Waals surface area (Å²) in [5.41, 5.74) is 13.4. The fraction of sp³-hybridized carbons (Fsp3) is 0. The van der Waals surface area contributed by atoms with Gasteiger partial charge in [0, 0.05) is 21.9 Å². The minimum absolute atomic E-state index is 0.719. The quantitative estimate of drug-likeness (QED) is 0.170. The Morgan fingerprint density at radius 2 is 0.700 bits per heavy atom. The fourth-order valence-corrected chi connectivity index (χ4v) is 6.89. The van der Waals surface area contributed by atoms with Crippen molar-refractivity contribution in [3.63, 3.8) is 0 Å². The molecule has 0 saturated carbocycles. The van der Waals surface area contributed by atoms with Crippen molar-refractivity contribution >= 4 is 21.7 Å². The molecule has 0 aliphatic rings. The zero-order chi connectivity index (χ0) is 33.3. The maximum atomic E-state index is 5.26. The molecule has 2 heteroatoms. The Kier molecular flexibility index (Phi) is 7.53. The molecule has 0 aliphatic carbocycles. The minimum Gasteiger partial charge on any atom is -0.227 e. The van der Waals surface area contributed by atoms with Crippen LogP contribution in [-0.4, -0.2) is 9.97 Å². The molecule has 50 heavy (non-hydrogen) atoms. The molecule has 0 bridgehead atoms. The van der Waals surface area contributed by atoms with E-state index in [0.717, 1.165) is 55.4 Å². The van der Waals surface area contributed by atoms with Gasteiger partial charge >= 0.3 is 0 Å². The summed E-state index contributed by atoms with van der Waals surface area (Å²) in [6.07, 6.45) is 0. The largest absolute Gasteiger partial charge is 0.227 e. The molecule has 9 aromatic rings. The van der Waals surface area contributed by atoms with Crippen molar-refractivity contribution in [2.24, 2.45) is 0 Å². The summed E-state index contributed by atoms with van der Waals surface area (Å²) < 4.78 is 0. The molecule has 0 amide bonds. The summed E-state index contributed by atoms with van der Waals surface area (Å²) in [5.74, 6) is 0.719. The number of aromatic nitrogens is 2. The highest BCUT2D eigenvalue weighted by molar-refractivity contribution is 6.09. The van der Waals surface area contributed by atoms with Crippen LogP contribution in [-0.2, 0) is 0 Å². The van der Waals surface area contributed by atoms with Crippen LogP contribution in [0, 0.1) is 0 Å². The van der Waals surface area contributed by atoms with Gasteiger partial charge in [-0.1, -0.05) is 170 Å². The van der Waals surface area contributed by atoms with Crippen LogP contribution in [0.25, 0.3) is 88.8 Å². The molecule has 0 atom stereocenters. The number of benzene rings is 8. The van der Waals surface area contributed by atoms with Crippen LogP contribution in [0.1, 0.15) is 0 Å². The topological polar surface area (TPSA) is 25.8 Å². The molecular weight excluding hydrogens is 605 g/mol. The summed E-state index contributed by atoms with van der Waals surface area (Å²) in [6.45, 7) is 0. The molecule has 1 aromatic heterocycles. The first-order valence-electron chi connectivity index (χ1n) is 17.0. The highest BCUT2D eigenvalue weighted by Crippen LogP contribution is 2.36. The lowest BCUT2D eigenvalue weighted by atomic mass is 9.95. The van der Waals surface area contributed by atoms with E-state index in [2.05, 4.69) is 188 Å². The zero-order valence-corrected chi connectivity index (χ0v) is 27.4. The number of hydrogen-bond acceptors (Lipinski definition) is 2. The highest BCUT2D eigenvalue weighted by Gasteiger charge is 2.15. The SMILES string of the molecule is c1ccc(-c2cccc(-c3cccc(-c4ccc(-c5nc(-c6cccc(-c7ccccc7)c6)nc6c5ccc5ccccc56)cc4)c3)c2)cc1. The Morgan fingerprint density at radius 3 is 1.30 bits per heavy atom. The number of hydrogen-bond donors (Lipinski definition) is 0. The molecule has 9 rings (SSSR count). The lowest BCUT2D eigenvalue weighted by Gasteiger charge is -2.13. The van der Waals surface area contributed by atoms with Gasteiger partial charge in [-0.25, -0.2) is 9.97 Å². The van der Waals surface area contributed by atoms with Crippen molar-refractivity contribution < 1.29 is 0 Å². The Balaban J connectivity index is 1.12. The summed E-state index contributed by atoms with van der Waals surface area (Å²) in [5, 5.41) is 3.33. The van der Waals surface area contributed by atoms with Crippen LogP contribution in [0.5, 0.6) is 0 Å². The van der Waals surface area contributed by atoms with E-state index in [-0.39, 0.29) is 0 Å². The van der Waals surface area contributed by atoms with Crippen LogP contribution in [0.2, 0.25) is 0 Å². The number of rotatable bonds is 6. The van der Waals surface area contributed by atoms with Gasteiger partial charge in [-0.05, 0) is 74.2 Å². The second kappa shape index (κ2) is 12.8. The summed E-state index contributed by atoms with van der Waals surface area (Å²) in [6, 6.07) is 68.7. The van der Waals surface area contributed by atoms with E-state index >= 15 is 0 Å². The summed E-state index contributed by atoms with van der Waals surface area (Å²) in [7, 11) is 0. The van der Waals surface area contributed by atoms with Gasteiger partial charge in [0.05, 0.1) is 11.2 Å². The molecule has 1 heterocycles. The second-order valence-electron chi connectivity index (χ2n) is 12.6. The van der Waals surface area contributed by atoms with E-state index in [1.54, 1.807) is 0 Å². The average Bonchev–Trinajstić information content (AvgIpc) is 3.21. The summed E-state index contributed by atoms with van der Waals surface area (Å²) >= 11 is 0. The van der Waals surface area contributed by atoms with Crippen LogP contribution >= 0.6 is 0 Å². The second-order valence-corrected chi connectivity index (χ2v) is 12.6. The zero-order valence-electron chi connectivity index (χ0n) is 27.4. The highest BCUT2D eigenvalue weighted by atomic mass is 14.9. The van der Waals surface area contributed by atoms with Crippen molar-refractivity contribution in [1.82, 2.24) is 9.97 Å². The molecule has 0 saturated heterocycles. The first-order chi connectivity index (χ1) is 24.8. The Bertz CT molecular complexity index is 2620. The van der Waals surface area contributed by atoms with Gasteiger partial charge in [-0.2, -0.15) is 0 Å². The van der Waals surface area contributed by atoms with E-state index in [0.29, 0.717) is 0 Å². The van der Waals surface area contributed by atoms with Gasteiger partial charge in [0.15, 0.2) is 5.82 Å². The number of fused-ring (bicyclic) bond motifs is 3.